The summed E-state index contributed by atoms with van der Waals surface area (Å²) in [4.78, 5) is 2.39. The second kappa shape index (κ2) is 22.8. The molecule has 1 heteroatoms. The van der Waals surface area contributed by atoms with Gasteiger partial charge in [-0.15, -0.1) is 0 Å². The van der Waals surface area contributed by atoms with E-state index in [2.05, 4.69) is 290 Å². The van der Waals surface area contributed by atoms with Crippen LogP contribution in [-0.4, -0.2) is 0 Å². The van der Waals surface area contributed by atoms with E-state index in [0.29, 0.717) is 0 Å². The molecule has 12 rings (SSSR count). The maximum Gasteiger partial charge on any atom is 0.0715 e. The topological polar surface area (TPSA) is 3.24 Å². The van der Waals surface area contributed by atoms with Crippen molar-refractivity contribution in [3.63, 3.8) is 0 Å². The van der Waals surface area contributed by atoms with Crippen molar-refractivity contribution in [3.8, 4) is 11.1 Å². The number of benzene rings is 11. The number of rotatable bonds is 10. The summed E-state index contributed by atoms with van der Waals surface area (Å²) in [5.41, 5.74) is 19.8. The van der Waals surface area contributed by atoms with Gasteiger partial charge in [-0.1, -0.05) is 243 Å². The van der Waals surface area contributed by atoms with Gasteiger partial charge in [0.2, 0.25) is 0 Å². The summed E-state index contributed by atoms with van der Waals surface area (Å²) in [6.07, 6.45) is 8.56. The van der Waals surface area contributed by atoms with Gasteiger partial charge in [0, 0.05) is 17.1 Å². The Morgan fingerprint density at radius 1 is 0.461 bits per heavy atom. The zero-order valence-corrected chi connectivity index (χ0v) is 44.9. The van der Waals surface area contributed by atoms with Crippen LogP contribution >= 0.6 is 0 Å². The van der Waals surface area contributed by atoms with Gasteiger partial charge in [-0.3, -0.25) is 0 Å². The Hall–Kier alpha value is -8.78. The van der Waals surface area contributed by atoms with E-state index in [1.807, 2.05) is 24.3 Å². The monoisotopic (exact) mass is 982 g/mol. The summed E-state index contributed by atoms with van der Waals surface area (Å²) in [7, 11) is 0. The molecule has 0 amide bonds. The molecule has 0 bridgehead atoms. The van der Waals surface area contributed by atoms with Crippen LogP contribution in [0.5, 0.6) is 0 Å². The highest BCUT2D eigenvalue weighted by Crippen LogP contribution is 2.60. The third-order valence-corrected chi connectivity index (χ3v) is 15.0. The van der Waals surface area contributed by atoms with Crippen LogP contribution in [0, 0.1) is 27.7 Å². The summed E-state index contributed by atoms with van der Waals surface area (Å²) in [6, 6.07) is 88.7. The lowest BCUT2D eigenvalue weighted by atomic mass is 9.66. The Morgan fingerprint density at radius 3 is 1.53 bits per heavy atom. The molecule has 0 saturated carbocycles. The van der Waals surface area contributed by atoms with Crippen LogP contribution in [0.4, 0.5) is 17.1 Å². The van der Waals surface area contributed by atoms with Gasteiger partial charge in [-0.2, -0.15) is 0 Å². The standard InChI is InChI=1S/C50H35N.C18H24.C7H8/c1-34-30-48-49(45-23-13-12-22-44(34)45)46-29-28-43(51(41-18-4-2-5-19-41)42-20-6-3-7-21-42)33-47(46)50(48,39-26-24-35-14-8-10-16-37(35)31-39)40-27-25-36-15-9-11-17-38(36)32-40;1-6-9-16(10-7-2)17(8-3)18-12-11-14(4)13-15(18)5;1-7-5-3-2-4-6-7/h2-33H,1H3;6,8-9,11-13H,3,7,10H2,1-2,4-5H3;2-6H,1H3/b;9-6-,17-16-;. The van der Waals surface area contributed by atoms with Crippen LogP contribution in [-0.2, 0) is 5.41 Å². The zero-order chi connectivity index (χ0) is 52.6. The second-order valence-electron chi connectivity index (χ2n) is 20.1. The summed E-state index contributed by atoms with van der Waals surface area (Å²) in [5, 5.41) is 7.58. The number of hydrogen-bond donors (Lipinski definition) is 0. The fraction of sp³-hybridized carbons (Fsp3) is 0.120. The average molecular weight is 982 g/mol. The fourth-order valence-corrected chi connectivity index (χ4v) is 11.6. The average Bonchev–Trinajstić information content (AvgIpc) is 3.87. The first-order chi connectivity index (χ1) is 37.2. The molecule has 0 N–H and O–H groups in total. The fourth-order valence-electron chi connectivity index (χ4n) is 11.6. The number of allylic oxidation sites excluding steroid dienone is 5. The lowest BCUT2D eigenvalue weighted by Crippen LogP contribution is -2.29. The van der Waals surface area contributed by atoms with Gasteiger partial charge >= 0.3 is 0 Å². The Balaban J connectivity index is 0.000000217. The summed E-state index contributed by atoms with van der Waals surface area (Å²) >= 11 is 0. The van der Waals surface area contributed by atoms with Crippen molar-refractivity contribution < 1.29 is 0 Å². The second-order valence-corrected chi connectivity index (χ2v) is 20.1. The van der Waals surface area contributed by atoms with Crippen molar-refractivity contribution in [2.24, 2.45) is 0 Å². The minimum atomic E-state index is -0.581. The maximum absolute atomic E-state index is 3.99. The number of para-hydroxylation sites is 2. The van der Waals surface area contributed by atoms with E-state index in [9.17, 15) is 0 Å². The van der Waals surface area contributed by atoms with E-state index >= 15 is 0 Å². The number of nitrogens with zero attached hydrogens (tertiary/aromatic N) is 1. The van der Waals surface area contributed by atoms with Gasteiger partial charge in [0.25, 0.3) is 0 Å². The molecule has 372 valence electrons. The van der Waals surface area contributed by atoms with Crippen LogP contribution in [0.2, 0.25) is 0 Å². The highest BCUT2D eigenvalue weighted by atomic mass is 15.1. The minimum Gasteiger partial charge on any atom is -0.310 e. The largest absolute Gasteiger partial charge is 0.310 e. The Morgan fingerprint density at radius 2 is 1.00 bits per heavy atom. The van der Waals surface area contributed by atoms with Crippen molar-refractivity contribution in [1.82, 2.24) is 0 Å². The molecule has 76 heavy (non-hydrogen) atoms. The third-order valence-electron chi connectivity index (χ3n) is 15.0. The van der Waals surface area contributed by atoms with E-state index < -0.39 is 5.41 Å². The summed E-state index contributed by atoms with van der Waals surface area (Å²) in [5.74, 6) is 0. The van der Waals surface area contributed by atoms with Crippen molar-refractivity contribution in [1.29, 1.82) is 0 Å². The van der Waals surface area contributed by atoms with E-state index in [1.54, 1.807) is 0 Å². The lowest BCUT2D eigenvalue weighted by molar-refractivity contribution is 0.771. The van der Waals surface area contributed by atoms with Gasteiger partial charge in [-0.25, -0.2) is 0 Å². The molecule has 0 atom stereocenters. The lowest BCUT2D eigenvalue weighted by Gasteiger charge is -2.35. The molecule has 1 aliphatic rings. The van der Waals surface area contributed by atoms with Crippen LogP contribution in [0.3, 0.4) is 0 Å². The molecule has 1 nitrogen and oxygen atoms in total. The Kier molecular flexibility index (Phi) is 15.2. The third kappa shape index (κ3) is 9.97. The molecular weight excluding hydrogens is 915 g/mol. The number of hydrogen-bond acceptors (Lipinski definition) is 1. The molecule has 11 aromatic carbocycles. The molecule has 0 fully saturated rings. The van der Waals surface area contributed by atoms with E-state index in [4.69, 9.17) is 0 Å². The molecule has 0 aliphatic heterocycles. The maximum atomic E-state index is 3.99. The predicted molar refractivity (Wildman–Crippen MR) is 330 cm³/mol. The van der Waals surface area contributed by atoms with Gasteiger partial charge in [0.1, 0.15) is 0 Å². The summed E-state index contributed by atoms with van der Waals surface area (Å²) < 4.78 is 0. The van der Waals surface area contributed by atoms with Crippen LogP contribution in [0.25, 0.3) is 49.0 Å². The van der Waals surface area contributed by atoms with Crippen molar-refractivity contribution in [2.75, 3.05) is 4.90 Å². The molecule has 11 aromatic rings. The Labute approximate surface area is 451 Å². The first kappa shape index (κ1) is 50.7. The van der Waals surface area contributed by atoms with Crippen molar-refractivity contribution >= 4 is 55.0 Å². The molecule has 1 aliphatic carbocycles. The van der Waals surface area contributed by atoms with E-state index in [0.717, 1.165) is 29.9 Å². The van der Waals surface area contributed by atoms with Gasteiger partial charge < -0.3 is 4.90 Å². The van der Waals surface area contributed by atoms with Gasteiger partial charge in [0.05, 0.1) is 5.41 Å². The van der Waals surface area contributed by atoms with Crippen LogP contribution < -0.4 is 4.90 Å². The molecule has 0 saturated heterocycles. The smallest absolute Gasteiger partial charge is 0.0715 e. The van der Waals surface area contributed by atoms with E-state index in [-0.39, 0.29) is 0 Å². The highest BCUT2D eigenvalue weighted by Gasteiger charge is 2.47. The molecule has 0 aromatic heterocycles. The SMILES string of the molecule is C=C/C(=C(\C=C/C)CCC)c1ccc(C)cc1C.Cc1cc2c(c3ccccc13)-c1ccc(N(c3ccccc3)c3ccccc3)cc1C2(c1ccc2ccccc2c1)c1ccc2ccccc2c1.Cc1ccccc1. The number of anilines is 3. The number of aryl methyl sites for hydroxylation is 4. The molecule has 0 unspecified atom stereocenters. The molecule has 0 radical (unpaired) electrons. The normalized spacial score (nSPS) is 12.5. The van der Waals surface area contributed by atoms with E-state index in [1.165, 1.54) is 105 Å². The van der Waals surface area contributed by atoms with Crippen molar-refractivity contribution in [2.45, 2.75) is 59.8 Å². The number of fused-ring (bicyclic) bond motifs is 7. The first-order valence-corrected chi connectivity index (χ1v) is 26.9. The van der Waals surface area contributed by atoms with Crippen LogP contribution in [0.15, 0.2) is 273 Å². The van der Waals surface area contributed by atoms with Crippen molar-refractivity contribution in [3.05, 3.63) is 323 Å². The highest BCUT2D eigenvalue weighted by molar-refractivity contribution is 6.06. The summed E-state index contributed by atoms with van der Waals surface area (Å²) in [6.45, 7) is 16.9. The molecular formula is C75H67N. The first-order valence-electron chi connectivity index (χ1n) is 26.9. The molecule has 0 heterocycles. The Bertz CT molecular complexity index is 3780. The molecule has 0 spiro atoms. The predicted octanol–water partition coefficient (Wildman–Crippen LogP) is 20.9. The van der Waals surface area contributed by atoms with Gasteiger partial charge in [-0.05, 0) is 183 Å². The minimum absolute atomic E-state index is 0.581. The zero-order valence-electron chi connectivity index (χ0n) is 44.9. The quantitative estimate of drug-likeness (QED) is 0.123. The van der Waals surface area contributed by atoms with Crippen LogP contribution in [0.1, 0.15) is 76.8 Å². The van der Waals surface area contributed by atoms with Gasteiger partial charge in [0.15, 0.2) is 0 Å².